The van der Waals surface area contributed by atoms with Crippen molar-refractivity contribution in [1.82, 2.24) is 9.88 Å². The summed E-state index contributed by atoms with van der Waals surface area (Å²) in [5.41, 5.74) is 4.10. The molecule has 0 saturated carbocycles. The quantitative estimate of drug-likeness (QED) is 0.855. The summed E-state index contributed by atoms with van der Waals surface area (Å²) >= 11 is 0. The summed E-state index contributed by atoms with van der Waals surface area (Å²) in [7, 11) is 4.03. The van der Waals surface area contributed by atoms with Crippen molar-refractivity contribution in [3.8, 4) is 0 Å². The van der Waals surface area contributed by atoms with Crippen LogP contribution in [0, 0.1) is 0 Å². The van der Waals surface area contributed by atoms with Crippen LogP contribution in [0.15, 0.2) is 42.7 Å². The Labute approximate surface area is 136 Å². The highest BCUT2D eigenvalue weighted by Gasteiger charge is 2.50. The predicted octanol–water partition coefficient (Wildman–Crippen LogP) is 2.37. The number of aryl methyl sites for hydroxylation is 1. The molecule has 118 valence electrons. The number of fused-ring (bicyclic) bond motifs is 2. The Morgan fingerprint density at radius 3 is 2.83 bits per heavy atom. The number of amides is 1. The Hall–Kier alpha value is -2.20. The molecule has 0 unspecified atom stereocenters. The van der Waals surface area contributed by atoms with Gasteiger partial charge in [-0.3, -0.25) is 14.7 Å². The molecule has 0 N–H and O–H groups in total. The summed E-state index contributed by atoms with van der Waals surface area (Å²) in [5, 5.41) is 0. The van der Waals surface area contributed by atoms with Crippen LogP contribution in [0.4, 0.5) is 5.69 Å². The zero-order valence-electron chi connectivity index (χ0n) is 13.6. The summed E-state index contributed by atoms with van der Waals surface area (Å²) in [4.78, 5) is 21.8. The van der Waals surface area contributed by atoms with Crippen LogP contribution in [0.5, 0.6) is 0 Å². The largest absolute Gasteiger partial charge is 0.310 e. The van der Waals surface area contributed by atoms with Crippen LogP contribution in [0.1, 0.15) is 23.1 Å². The molecule has 0 spiro atoms. The molecule has 1 aromatic carbocycles. The molecule has 1 atom stereocenters. The topological polar surface area (TPSA) is 36.4 Å². The molecule has 0 radical (unpaired) electrons. The van der Waals surface area contributed by atoms with Crippen molar-refractivity contribution in [3.05, 3.63) is 59.4 Å². The Morgan fingerprint density at radius 2 is 2.00 bits per heavy atom. The van der Waals surface area contributed by atoms with Gasteiger partial charge in [-0.1, -0.05) is 24.3 Å². The first-order valence-corrected chi connectivity index (χ1v) is 8.15. The van der Waals surface area contributed by atoms with Crippen molar-refractivity contribution in [1.29, 1.82) is 0 Å². The maximum absolute atomic E-state index is 13.6. The van der Waals surface area contributed by atoms with Crippen LogP contribution < -0.4 is 4.90 Å². The number of nitrogens with zero attached hydrogens (tertiary/aromatic N) is 3. The minimum Gasteiger partial charge on any atom is -0.310 e. The van der Waals surface area contributed by atoms with Gasteiger partial charge in [0.1, 0.15) is 5.54 Å². The van der Waals surface area contributed by atoms with Crippen molar-refractivity contribution in [2.24, 2.45) is 0 Å². The van der Waals surface area contributed by atoms with Crippen molar-refractivity contribution in [3.63, 3.8) is 0 Å². The van der Waals surface area contributed by atoms with E-state index in [1.54, 1.807) is 6.20 Å². The fourth-order valence-corrected chi connectivity index (χ4v) is 4.13. The second kappa shape index (κ2) is 5.17. The van der Waals surface area contributed by atoms with E-state index >= 15 is 0 Å². The van der Waals surface area contributed by atoms with Gasteiger partial charge < -0.3 is 4.90 Å². The lowest BCUT2D eigenvalue weighted by molar-refractivity contribution is -0.129. The fourth-order valence-electron chi connectivity index (χ4n) is 4.13. The molecule has 0 bridgehead atoms. The Kier molecular flexibility index (Phi) is 3.23. The highest BCUT2D eigenvalue weighted by atomic mass is 16.2. The van der Waals surface area contributed by atoms with Crippen LogP contribution in [0.3, 0.4) is 0 Å². The third-order valence-electron chi connectivity index (χ3n) is 5.35. The first kappa shape index (κ1) is 14.4. The molecule has 2 aromatic rings. The number of carbonyl (C=O) groups excluding carboxylic acids is 1. The first-order valence-electron chi connectivity index (χ1n) is 8.15. The van der Waals surface area contributed by atoms with Crippen LogP contribution in [-0.4, -0.2) is 36.4 Å². The number of likely N-dealkylation sites (N-methyl/N-ethyl adjacent to an activating group) is 1. The second-order valence-corrected chi connectivity index (χ2v) is 6.62. The molecular formula is C19H21N3O. The Balaban J connectivity index is 1.80. The number of hydrogen-bond donors (Lipinski definition) is 0. The molecule has 0 saturated heterocycles. The molecule has 1 aromatic heterocycles. The van der Waals surface area contributed by atoms with E-state index < -0.39 is 5.54 Å². The lowest BCUT2D eigenvalue weighted by Gasteiger charge is -2.39. The van der Waals surface area contributed by atoms with Crippen LogP contribution >= 0.6 is 0 Å². The van der Waals surface area contributed by atoms with Gasteiger partial charge in [0.05, 0.1) is 5.69 Å². The van der Waals surface area contributed by atoms with Crippen LogP contribution in [-0.2, 0) is 23.2 Å². The number of carbonyl (C=O) groups is 1. The van der Waals surface area contributed by atoms with Gasteiger partial charge in [0.15, 0.2) is 0 Å². The van der Waals surface area contributed by atoms with Gasteiger partial charge in [-0.05, 0) is 56.1 Å². The lowest BCUT2D eigenvalue weighted by Crippen LogP contribution is -2.53. The highest BCUT2D eigenvalue weighted by molar-refractivity contribution is 6.03. The van der Waals surface area contributed by atoms with E-state index in [9.17, 15) is 4.79 Å². The van der Waals surface area contributed by atoms with E-state index in [1.807, 2.05) is 37.3 Å². The van der Waals surface area contributed by atoms with Gasteiger partial charge in [-0.2, -0.15) is 0 Å². The van der Waals surface area contributed by atoms with E-state index in [0.717, 1.165) is 37.1 Å². The van der Waals surface area contributed by atoms with E-state index in [4.69, 9.17) is 0 Å². The van der Waals surface area contributed by atoms with Crippen LogP contribution in [0.25, 0.3) is 0 Å². The Bertz CT molecular complexity index is 771. The summed E-state index contributed by atoms with van der Waals surface area (Å²) in [6.07, 6.45) is 6.34. The lowest BCUT2D eigenvalue weighted by atomic mass is 9.88. The van der Waals surface area contributed by atoms with Gasteiger partial charge in [0.2, 0.25) is 0 Å². The molecule has 4 heteroatoms. The molecule has 2 heterocycles. The number of rotatable bonds is 2. The standard InChI is InChI=1S/C19H21N3O/c1-21(2)19(10-7-14-5-3-4-6-16(14)19)18(23)22-12-9-15-13-20-11-8-17(15)22/h3-6,8,11,13H,7,9-10,12H2,1-2H3/t19-/m0/s1. The molecular weight excluding hydrogens is 286 g/mol. The predicted molar refractivity (Wildman–Crippen MR) is 90.4 cm³/mol. The highest BCUT2D eigenvalue weighted by Crippen LogP contribution is 2.43. The molecule has 1 aliphatic heterocycles. The number of benzene rings is 1. The monoisotopic (exact) mass is 307 g/mol. The molecule has 0 fully saturated rings. The van der Waals surface area contributed by atoms with Crippen molar-refractivity contribution < 1.29 is 4.79 Å². The SMILES string of the molecule is CN(C)[C@@]1(C(=O)N2CCc3cnccc32)CCc2ccccc21. The average Bonchev–Trinajstić information content (AvgIpc) is 3.17. The smallest absolute Gasteiger partial charge is 0.252 e. The van der Waals surface area contributed by atoms with Crippen LogP contribution in [0.2, 0.25) is 0 Å². The molecule has 1 aliphatic carbocycles. The summed E-state index contributed by atoms with van der Waals surface area (Å²) in [6.45, 7) is 0.748. The van der Waals surface area contributed by atoms with E-state index in [1.165, 1.54) is 11.1 Å². The maximum Gasteiger partial charge on any atom is 0.252 e. The molecule has 4 rings (SSSR count). The third kappa shape index (κ3) is 1.94. The number of hydrogen-bond acceptors (Lipinski definition) is 3. The van der Waals surface area contributed by atoms with Gasteiger partial charge in [-0.15, -0.1) is 0 Å². The normalized spacial score (nSPS) is 22.3. The number of pyridine rings is 1. The average molecular weight is 307 g/mol. The minimum atomic E-state index is -0.554. The number of aromatic nitrogens is 1. The summed E-state index contributed by atoms with van der Waals surface area (Å²) in [5.74, 6) is 0.192. The first-order chi connectivity index (χ1) is 11.1. The minimum absolute atomic E-state index is 0.192. The molecule has 4 nitrogen and oxygen atoms in total. The molecule has 23 heavy (non-hydrogen) atoms. The fraction of sp³-hybridized carbons (Fsp3) is 0.368. The number of anilines is 1. The van der Waals surface area contributed by atoms with Crippen molar-refractivity contribution >= 4 is 11.6 Å². The van der Waals surface area contributed by atoms with E-state index in [0.29, 0.717) is 0 Å². The summed E-state index contributed by atoms with van der Waals surface area (Å²) in [6, 6.07) is 10.3. The Morgan fingerprint density at radius 1 is 1.17 bits per heavy atom. The zero-order chi connectivity index (χ0) is 16.0. The van der Waals surface area contributed by atoms with Crippen molar-refractivity contribution in [2.75, 3.05) is 25.5 Å². The zero-order valence-corrected chi connectivity index (χ0v) is 13.6. The second-order valence-electron chi connectivity index (χ2n) is 6.62. The molecule has 1 amide bonds. The summed E-state index contributed by atoms with van der Waals surface area (Å²) < 4.78 is 0. The maximum atomic E-state index is 13.6. The van der Waals surface area contributed by atoms with Gasteiger partial charge >= 0.3 is 0 Å². The van der Waals surface area contributed by atoms with Gasteiger partial charge in [0.25, 0.3) is 5.91 Å². The van der Waals surface area contributed by atoms with Gasteiger partial charge in [-0.25, -0.2) is 0 Å². The van der Waals surface area contributed by atoms with E-state index in [2.05, 4.69) is 28.1 Å². The van der Waals surface area contributed by atoms with E-state index in [-0.39, 0.29) is 5.91 Å². The van der Waals surface area contributed by atoms with Crippen molar-refractivity contribution in [2.45, 2.75) is 24.8 Å². The van der Waals surface area contributed by atoms with Gasteiger partial charge in [0, 0.05) is 18.9 Å². The third-order valence-corrected chi connectivity index (χ3v) is 5.35. The molecule has 2 aliphatic rings.